The Kier molecular flexibility index (Phi) is 3.54. The lowest BCUT2D eigenvalue weighted by molar-refractivity contribution is 0.167. The van der Waals surface area contributed by atoms with Gasteiger partial charge in [-0.2, -0.15) is 5.10 Å². The predicted octanol–water partition coefficient (Wildman–Crippen LogP) is 2.23. The Bertz CT molecular complexity index is 496. The van der Waals surface area contributed by atoms with Gasteiger partial charge in [0.15, 0.2) is 0 Å². The highest BCUT2D eigenvalue weighted by atomic mass is 19.1. The summed E-state index contributed by atoms with van der Waals surface area (Å²) in [7, 11) is 1.85. The fraction of sp³-hybridized carbons (Fsp3) is 0.308. The standard InChI is InChI=1S/C13H15FN2O/c1-16-9-10(8-15-16)5-6-13(17)11-3-2-4-12(14)7-11/h2-4,7-9,13,17H,5-6H2,1H3. The molecule has 0 saturated heterocycles. The molecule has 4 heteroatoms. The molecular weight excluding hydrogens is 219 g/mol. The number of aryl methyl sites for hydroxylation is 2. The lowest BCUT2D eigenvalue weighted by Gasteiger charge is -2.09. The maximum Gasteiger partial charge on any atom is 0.123 e. The van der Waals surface area contributed by atoms with Gasteiger partial charge < -0.3 is 5.11 Å². The molecule has 1 N–H and O–H groups in total. The number of benzene rings is 1. The molecule has 1 atom stereocenters. The van der Waals surface area contributed by atoms with Gasteiger partial charge in [-0.25, -0.2) is 4.39 Å². The predicted molar refractivity (Wildman–Crippen MR) is 62.9 cm³/mol. The van der Waals surface area contributed by atoms with Crippen molar-refractivity contribution in [1.29, 1.82) is 0 Å². The van der Waals surface area contributed by atoms with E-state index in [0.717, 1.165) is 12.0 Å². The summed E-state index contributed by atoms with van der Waals surface area (Å²) < 4.78 is 14.7. The minimum absolute atomic E-state index is 0.317. The van der Waals surface area contributed by atoms with Gasteiger partial charge in [0.05, 0.1) is 12.3 Å². The average Bonchev–Trinajstić information content (AvgIpc) is 2.72. The second kappa shape index (κ2) is 5.10. The van der Waals surface area contributed by atoms with E-state index in [2.05, 4.69) is 5.10 Å². The summed E-state index contributed by atoms with van der Waals surface area (Å²) in [6, 6.07) is 6.08. The van der Waals surface area contributed by atoms with Gasteiger partial charge in [-0.15, -0.1) is 0 Å². The molecule has 0 spiro atoms. The van der Waals surface area contributed by atoms with Gasteiger partial charge in [0.1, 0.15) is 5.82 Å². The van der Waals surface area contributed by atoms with E-state index in [4.69, 9.17) is 0 Å². The SMILES string of the molecule is Cn1cc(CCC(O)c2cccc(F)c2)cn1. The molecule has 1 aromatic heterocycles. The molecule has 0 radical (unpaired) electrons. The number of nitrogens with zero attached hydrogens (tertiary/aromatic N) is 2. The van der Waals surface area contributed by atoms with Crippen molar-refractivity contribution in [3.8, 4) is 0 Å². The lowest BCUT2D eigenvalue weighted by Crippen LogP contribution is -1.99. The van der Waals surface area contributed by atoms with Gasteiger partial charge in [0.25, 0.3) is 0 Å². The topological polar surface area (TPSA) is 38.0 Å². The summed E-state index contributed by atoms with van der Waals surface area (Å²) in [5, 5.41) is 14.0. The second-order valence-electron chi connectivity index (χ2n) is 4.13. The Morgan fingerprint density at radius 2 is 2.29 bits per heavy atom. The van der Waals surface area contributed by atoms with Crippen LogP contribution < -0.4 is 0 Å². The summed E-state index contributed by atoms with van der Waals surface area (Å²) in [6.07, 6.45) is 4.35. The van der Waals surface area contributed by atoms with Gasteiger partial charge in [-0.3, -0.25) is 4.68 Å². The van der Waals surface area contributed by atoms with Crippen LogP contribution in [-0.4, -0.2) is 14.9 Å². The Labute approximate surface area is 99.5 Å². The van der Waals surface area contributed by atoms with Gasteiger partial charge in [-0.1, -0.05) is 12.1 Å². The van der Waals surface area contributed by atoms with E-state index in [1.165, 1.54) is 12.1 Å². The third kappa shape index (κ3) is 3.14. The molecule has 0 saturated carbocycles. The van der Waals surface area contributed by atoms with Crippen LogP contribution in [0.4, 0.5) is 4.39 Å². The van der Waals surface area contributed by atoms with Crippen molar-refractivity contribution in [2.75, 3.05) is 0 Å². The van der Waals surface area contributed by atoms with E-state index >= 15 is 0 Å². The van der Waals surface area contributed by atoms with Crippen LogP contribution in [0.2, 0.25) is 0 Å². The molecule has 0 aliphatic carbocycles. The lowest BCUT2D eigenvalue weighted by atomic mass is 10.0. The van der Waals surface area contributed by atoms with Crippen LogP contribution in [0.1, 0.15) is 23.7 Å². The van der Waals surface area contributed by atoms with Crippen molar-refractivity contribution in [2.24, 2.45) is 7.05 Å². The fourth-order valence-electron chi connectivity index (χ4n) is 1.78. The third-order valence-electron chi connectivity index (χ3n) is 2.70. The largest absolute Gasteiger partial charge is 0.388 e. The maximum atomic E-state index is 13.0. The first kappa shape index (κ1) is 11.8. The van der Waals surface area contributed by atoms with Crippen LogP contribution in [0.25, 0.3) is 0 Å². The summed E-state index contributed by atoms with van der Waals surface area (Å²) in [5.74, 6) is -0.317. The number of rotatable bonds is 4. The van der Waals surface area contributed by atoms with Crippen molar-refractivity contribution >= 4 is 0 Å². The van der Waals surface area contributed by atoms with Crippen LogP contribution >= 0.6 is 0 Å². The molecule has 0 amide bonds. The highest BCUT2D eigenvalue weighted by Gasteiger charge is 2.09. The number of aromatic nitrogens is 2. The van der Waals surface area contributed by atoms with E-state index in [-0.39, 0.29) is 5.82 Å². The first-order valence-electron chi connectivity index (χ1n) is 5.56. The normalized spacial score (nSPS) is 12.6. The smallest absolute Gasteiger partial charge is 0.123 e. The van der Waals surface area contributed by atoms with Crippen LogP contribution in [0.3, 0.4) is 0 Å². The summed E-state index contributed by atoms with van der Waals surface area (Å²) in [6.45, 7) is 0. The van der Waals surface area contributed by atoms with Crippen molar-refractivity contribution in [2.45, 2.75) is 18.9 Å². The number of aliphatic hydroxyl groups excluding tert-OH is 1. The second-order valence-corrected chi connectivity index (χ2v) is 4.13. The summed E-state index contributed by atoms with van der Waals surface area (Å²) >= 11 is 0. The summed E-state index contributed by atoms with van der Waals surface area (Å²) in [4.78, 5) is 0. The van der Waals surface area contributed by atoms with E-state index in [9.17, 15) is 9.50 Å². The number of aliphatic hydroxyl groups is 1. The highest BCUT2D eigenvalue weighted by Crippen LogP contribution is 2.19. The van der Waals surface area contributed by atoms with E-state index in [1.807, 2.05) is 13.2 Å². The molecule has 1 heterocycles. The van der Waals surface area contributed by atoms with Crippen molar-refractivity contribution in [3.63, 3.8) is 0 Å². The number of halogens is 1. The van der Waals surface area contributed by atoms with Gasteiger partial charge in [-0.05, 0) is 36.1 Å². The number of hydrogen-bond acceptors (Lipinski definition) is 2. The van der Waals surface area contributed by atoms with Gasteiger partial charge in [0, 0.05) is 13.2 Å². The molecule has 3 nitrogen and oxygen atoms in total. The van der Waals surface area contributed by atoms with Crippen molar-refractivity contribution < 1.29 is 9.50 Å². The van der Waals surface area contributed by atoms with Crippen molar-refractivity contribution in [1.82, 2.24) is 9.78 Å². The average molecular weight is 234 g/mol. The maximum absolute atomic E-state index is 13.0. The third-order valence-corrected chi connectivity index (χ3v) is 2.70. The Morgan fingerprint density at radius 3 is 2.94 bits per heavy atom. The first-order chi connectivity index (χ1) is 8.15. The van der Waals surface area contributed by atoms with Crippen LogP contribution in [0, 0.1) is 5.82 Å². The number of hydrogen-bond donors (Lipinski definition) is 1. The molecular formula is C13H15FN2O. The zero-order valence-electron chi connectivity index (χ0n) is 9.68. The Hall–Kier alpha value is -1.68. The minimum atomic E-state index is -0.633. The van der Waals surface area contributed by atoms with Crippen LogP contribution in [0.15, 0.2) is 36.7 Å². The molecule has 0 aliphatic heterocycles. The molecule has 2 rings (SSSR count). The molecule has 2 aromatic rings. The van der Waals surface area contributed by atoms with Gasteiger partial charge in [0.2, 0.25) is 0 Å². The molecule has 1 unspecified atom stereocenters. The summed E-state index contributed by atoms with van der Waals surface area (Å²) in [5.41, 5.74) is 1.69. The van der Waals surface area contributed by atoms with E-state index < -0.39 is 6.10 Å². The van der Waals surface area contributed by atoms with Crippen molar-refractivity contribution in [3.05, 3.63) is 53.6 Å². The monoisotopic (exact) mass is 234 g/mol. The fourth-order valence-corrected chi connectivity index (χ4v) is 1.78. The molecule has 0 fully saturated rings. The molecule has 1 aromatic carbocycles. The van der Waals surface area contributed by atoms with E-state index in [0.29, 0.717) is 12.0 Å². The van der Waals surface area contributed by atoms with E-state index in [1.54, 1.807) is 23.0 Å². The minimum Gasteiger partial charge on any atom is -0.388 e. The first-order valence-corrected chi connectivity index (χ1v) is 5.56. The zero-order chi connectivity index (χ0) is 12.3. The van der Waals surface area contributed by atoms with Gasteiger partial charge >= 0.3 is 0 Å². The highest BCUT2D eigenvalue weighted by molar-refractivity contribution is 5.19. The quantitative estimate of drug-likeness (QED) is 0.880. The van der Waals surface area contributed by atoms with Crippen LogP contribution in [-0.2, 0) is 13.5 Å². The molecule has 0 aliphatic rings. The Morgan fingerprint density at radius 1 is 1.47 bits per heavy atom. The Balaban J connectivity index is 1.95. The zero-order valence-corrected chi connectivity index (χ0v) is 9.68. The molecule has 90 valence electrons. The molecule has 0 bridgehead atoms. The molecule has 17 heavy (non-hydrogen) atoms. The van der Waals surface area contributed by atoms with Crippen LogP contribution in [0.5, 0.6) is 0 Å².